The highest BCUT2D eigenvalue weighted by atomic mass is 32.2. The van der Waals surface area contributed by atoms with E-state index in [4.69, 9.17) is 0 Å². The van der Waals surface area contributed by atoms with Crippen LogP contribution in [0.25, 0.3) is 0 Å². The van der Waals surface area contributed by atoms with Gasteiger partial charge in [0.15, 0.2) is 5.16 Å². The van der Waals surface area contributed by atoms with Crippen molar-refractivity contribution in [1.82, 2.24) is 14.8 Å². The van der Waals surface area contributed by atoms with E-state index in [1.807, 2.05) is 31.2 Å². The quantitative estimate of drug-likeness (QED) is 0.566. The van der Waals surface area contributed by atoms with Gasteiger partial charge in [-0.2, -0.15) is 0 Å². The number of aryl methyl sites for hydroxylation is 2. The van der Waals surface area contributed by atoms with Crippen molar-refractivity contribution >= 4 is 23.4 Å². The van der Waals surface area contributed by atoms with Crippen LogP contribution in [0.3, 0.4) is 0 Å². The summed E-state index contributed by atoms with van der Waals surface area (Å²) in [6.45, 7) is 7.01. The molecule has 1 saturated carbocycles. The van der Waals surface area contributed by atoms with Gasteiger partial charge in [0.1, 0.15) is 5.82 Å². The molecule has 1 amide bonds. The molecule has 150 valence electrons. The maximum absolute atomic E-state index is 12.4. The van der Waals surface area contributed by atoms with Crippen molar-refractivity contribution in [3.05, 3.63) is 71.0 Å². The van der Waals surface area contributed by atoms with Crippen molar-refractivity contribution in [1.29, 1.82) is 0 Å². The third-order valence-electron chi connectivity index (χ3n) is 5.44. The average Bonchev–Trinajstić information content (AvgIpc) is 3.40. The number of carbonyl (C=O) groups is 1. The number of para-hydroxylation sites is 1. The van der Waals surface area contributed by atoms with Gasteiger partial charge in [-0.1, -0.05) is 59.8 Å². The van der Waals surface area contributed by atoms with Crippen LogP contribution in [0.2, 0.25) is 0 Å². The summed E-state index contributed by atoms with van der Waals surface area (Å²) in [5.41, 5.74) is 4.57. The number of amides is 1. The molecule has 0 bridgehead atoms. The maximum Gasteiger partial charge on any atom is 0.234 e. The minimum absolute atomic E-state index is 0.0274. The van der Waals surface area contributed by atoms with Gasteiger partial charge in [-0.05, 0) is 50.3 Å². The molecule has 1 heterocycles. The lowest BCUT2D eigenvalue weighted by Gasteiger charge is -2.09. The minimum Gasteiger partial charge on any atom is -0.325 e. The molecule has 4 rings (SSSR count). The van der Waals surface area contributed by atoms with E-state index >= 15 is 0 Å². The second-order valence-electron chi connectivity index (χ2n) is 7.60. The number of rotatable bonds is 7. The van der Waals surface area contributed by atoms with Crippen molar-refractivity contribution in [3.8, 4) is 0 Å². The van der Waals surface area contributed by atoms with Crippen molar-refractivity contribution in [2.75, 3.05) is 11.1 Å². The SMILES string of the molecule is CCn1c(SCC(=O)Nc2ccccc2C)nnc1[C@@H]1C[C@@H]1c1ccc(C)cc1. The monoisotopic (exact) mass is 406 g/mol. The number of nitrogens with one attached hydrogen (secondary N) is 1. The Morgan fingerprint density at radius 1 is 1.10 bits per heavy atom. The average molecular weight is 407 g/mol. The molecule has 1 aliphatic carbocycles. The van der Waals surface area contributed by atoms with Crippen LogP contribution in [-0.2, 0) is 11.3 Å². The Labute approximate surface area is 175 Å². The predicted octanol–water partition coefficient (Wildman–Crippen LogP) is 4.92. The molecule has 0 saturated heterocycles. The minimum atomic E-state index is -0.0274. The molecule has 29 heavy (non-hydrogen) atoms. The standard InChI is InChI=1S/C23H26N4OS/c1-4-27-22(19-13-18(19)17-11-9-15(2)10-12-17)25-26-23(27)29-14-21(28)24-20-8-6-5-7-16(20)3/h5-12,18-19H,4,13-14H2,1-3H3,(H,24,28)/t18-,19-/m1/s1. The number of hydrogen-bond donors (Lipinski definition) is 1. The zero-order valence-electron chi connectivity index (χ0n) is 17.1. The summed E-state index contributed by atoms with van der Waals surface area (Å²) >= 11 is 1.45. The van der Waals surface area contributed by atoms with Crippen LogP contribution in [-0.4, -0.2) is 26.4 Å². The Morgan fingerprint density at radius 2 is 1.86 bits per heavy atom. The van der Waals surface area contributed by atoms with E-state index in [0.717, 1.165) is 35.2 Å². The van der Waals surface area contributed by atoms with Crippen LogP contribution in [0.4, 0.5) is 5.69 Å². The first-order valence-electron chi connectivity index (χ1n) is 10.0. The number of nitrogens with zero attached hydrogens (tertiary/aromatic N) is 3. The third kappa shape index (κ3) is 4.37. The fourth-order valence-corrected chi connectivity index (χ4v) is 4.48. The van der Waals surface area contributed by atoms with Gasteiger partial charge in [0, 0.05) is 18.2 Å². The van der Waals surface area contributed by atoms with E-state index in [2.05, 4.69) is 58.2 Å². The summed E-state index contributed by atoms with van der Waals surface area (Å²) in [4.78, 5) is 12.4. The number of aromatic nitrogens is 3. The van der Waals surface area contributed by atoms with E-state index in [1.54, 1.807) is 0 Å². The lowest BCUT2D eigenvalue weighted by atomic mass is 10.1. The van der Waals surface area contributed by atoms with Crippen LogP contribution < -0.4 is 5.32 Å². The highest BCUT2D eigenvalue weighted by molar-refractivity contribution is 7.99. The smallest absolute Gasteiger partial charge is 0.234 e. The van der Waals surface area contributed by atoms with Gasteiger partial charge >= 0.3 is 0 Å². The van der Waals surface area contributed by atoms with Gasteiger partial charge in [0.25, 0.3) is 0 Å². The zero-order valence-corrected chi connectivity index (χ0v) is 17.9. The van der Waals surface area contributed by atoms with Crippen LogP contribution in [0.5, 0.6) is 0 Å². The summed E-state index contributed by atoms with van der Waals surface area (Å²) in [6.07, 6.45) is 1.11. The normalized spacial score (nSPS) is 17.9. The van der Waals surface area contributed by atoms with E-state index in [-0.39, 0.29) is 5.91 Å². The molecule has 3 aromatic rings. The number of thioether (sulfide) groups is 1. The first-order valence-corrected chi connectivity index (χ1v) is 11.0. The molecular weight excluding hydrogens is 380 g/mol. The van der Waals surface area contributed by atoms with Gasteiger partial charge in [-0.15, -0.1) is 10.2 Å². The Kier molecular flexibility index (Phi) is 5.72. The number of carbonyl (C=O) groups excluding carboxylic acids is 1. The summed E-state index contributed by atoms with van der Waals surface area (Å²) in [6, 6.07) is 16.6. The molecule has 2 aromatic carbocycles. The highest BCUT2D eigenvalue weighted by Gasteiger charge is 2.43. The molecular formula is C23H26N4OS. The number of anilines is 1. The Hall–Kier alpha value is -2.60. The largest absolute Gasteiger partial charge is 0.325 e. The Morgan fingerprint density at radius 3 is 2.59 bits per heavy atom. The lowest BCUT2D eigenvalue weighted by Crippen LogP contribution is -2.15. The molecule has 6 heteroatoms. The highest BCUT2D eigenvalue weighted by Crippen LogP contribution is 2.54. The summed E-state index contributed by atoms with van der Waals surface area (Å²) in [7, 11) is 0. The van der Waals surface area contributed by atoms with Crippen molar-refractivity contribution < 1.29 is 4.79 Å². The molecule has 5 nitrogen and oxygen atoms in total. The van der Waals surface area contributed by atoms with Crippen LogP contribution in [0.15, 0.2) is 53.7 Å². The molecule has 1 aromatic heterocycles. The van der Waals surface area contributed by atoms with Gasteiger partial charge in [0.05, 0.1) is 5.75 Å². The topological polar surface area (TPSA) is 59.8 Å². The molecule has 2 atom stereocenters. The fraction of sp³-hybridized carbons (Fsp3) is 0.348. The Bertz CT molecular complexity index is 1010. The van der Waals surface area contributed by atoms with Crippen molar-refractivity contribution in [2.45, 2.75) is 50.7 Å². The molecule has 1 N–H and O–H groups in total. The summed E-state index contributed by atoms with van der Waals surface area (Å²) < 4.78 is 2.16. The van der Waals surface area contributed by atoms with Crippen LogP contribution in [0.1, 0.15) is 47.7 Å². The van der Waals surface area contributed by atoms with E-state index < -0.39 is 0 Å². The van der Waals surface area contributed by atoms with Gasteiger partial charge in [-0.3, -0.25) is 4.79 Å². The number of benzene rings is 2. The second-order valence-corrected chi connectivity index (χ2v) is 8.54. The summed E-state index contributed by atoms with van der Waals surface area (Å²) in [5, 5.41) is 12.7. The molecule has 0 unspecified atom stereocenters. The molecule has 0 aliphatic heterocycles. The molecule has 0 radical (unpaired) electrons. The second kappa shape index (κ2) is 8.41. The van der Waals surface area contributed by atoms with Crippen molar-refractivity contribution in [2.24, 2.45) is 0 Å². The van der Waals surface area contributed by atoms with Gasteiger partial charge < -0.3 is 9.88 Å². The molecule has 0 spiro atoms. The molecule has 1 fully saturated rings. The zero-order chi connectivity index (χ0) is 20.4. The predicted molar refractivity (Wildman–Crippen MR) is 118 cm³/mol. The first kappa shape index (κ1) is 19.7. The van der Waals surface area contributed by atoms with E-state index in [1.165, 1.54) is 22.9 Å². The fourth-order valence-electron chi connectivity index (χ4n) is 3.67. The van der Waals surface area contributed by atoms with Crippen LogP contribution in [0, 0.1) is 13.8 Å². The van der Waals surface area contributed by atoms with Gasteiger partial charge in [0.2, 0.25) is 5.91 Å². The number of hydrogen-bond acceptors (Lipinski definition) is 4. The Balaban J connectivity index is 1.40. The summed E-state index contributed by atoms with van der Waals surface area (Å²) in [5.74, 6) is 2.27. The lowest BCUT2D eigenvalue weighted by molar-refractivity contribution is -0.113. The third-order valence-corrected chi connectivity index (χ3v) is 6.41. The maximum atomic E-state index is 12.4. The van der Waals surface area contributed by atoms with E-state index in [9.17, 15) is 4.79 Å². The first-order chi connectivity index (χ1) is 14.1. The van der Waals surface area contributed by atoms with Crippen molar-refractivity contribution in [3.63, 3.8) is 0 Å². The van der Waals surface area contributed by atoms with Gasteiger partial charge in [-0.25, -0.2) is 0 Å². The molecule has 1 aliphatic rings. The van der Waals surface area contributed by atoms with Crippen LogP contribution >= 0.6 is 11.8 Å². The van der Waals surface area contributed by atoms with E-state index in [0.29, 0.717) is 17.6 Å².